The topological polar surface area (TPSA) is 167 Å². The molecule has 3 heterocycles. The number of alkyl carbamates (subject to hydrolysis) is 1. The van der Waals surface area contributed by atoms with Crippen LogP contribution in [0.2, 0.25) is 0 Å². The highest BCUT2D eigenvalue weighted by molar-refractivity contribution is 7.91. The Balaban J connectivity index is 1.30. The Morgan fingerprint density at radius 2 is 1.86 bits per heavy atom. The molecular formula is C29H40N6O7S2. The average Bonchev–Trinajstić information content (AvgIpc) is 3.37. The number of ether oxygens (including phenoxy) is 1. The van der Waals surface area contributed by atoms with Gasteiger partial charge in [0.25, 0.3) is 10.0 Å². The molecule has 0 unspecified atom stereocenters. The third-order valence-corrected chi connectivity index (χ3v) is 11.4. The molecule has 1 atom stereocenters. The summed E-state index contributed by atoms with van der Waals surface area (Å²) < 4.78 is 33.5. The lowest BCUT2D eigenvalue weighted by molar-refractivity contribution is -0.160. The van der Waals surface area contributed by atoms with Crippen LogP contribution in [0.3, 0.4) is 0 Å². The second-order valence-electron chi connectivity index (χ2n) is 11.0. The number of benzene rings is 1. The van der Waals surface area contributed by atoms with Crippen LogP contribution >= 0.6 is 11.3 Å². The second kappa shape index (κ2) is 14.5. The molecule has 1 aromatic heterocycles. The monoisotopic (exact) mass is 648 g/mol. The first-order valence-corrected chi connectivity index (χ1v) is 17.1. The molecule has 44 heavy (non-hydrogen) atoms. The van der Waals surface area contributed by atoms with Crippen molar-refractivity contribution in [3.8, 4) is 0 Å². The molecule has 2 saturated heterocycles. The fourth-order valence-electron chi connectivity index (χ4n) is 5.59. The lowest BCUT2D eigenvalue weighted by Gasteiger charge is -2.51. The minimum Gasteiger partial charge on any atom is -0.445 e. The van der Waals surface area contributed by atoms with Gasteiger partial charge < -0.3 is 25.6 Å². The van der Waals surface area contributed by atoms with Gasteiger partial charge in [0.1, 0.15) is 18.2 Å². The van der Waals surface area contributed by atoms with E-state index in [0.29, 0.717) is 44.5 Å². The van der Waals surface area contributed by atoms with Gasteiger partial charge in [0.05, 0.1) is 5.69 Å². The molecule has 4 amide bonds. The Morgan fingerprint density at radius 3 is 2.52 bits per heavy atom. The van der Waals surface area contributed by atoms with E-state index in [0.717, 1.165) is 16.9 Å². The first-order valence-electron chi connectivity index (χ1n) is 14.8. The van der Waals surface area contributed by atoms with Gasteiger partial charge in [-0.25, -0.2) is 18.2 Å². The number of rotatable bonds is 12. The van der Waals surface area contributed by atoms with E-state index in [4.69, 9.17) is 4.74 Å². The van der Waals surface area contributed by atoms with Gasteiger partial charge in [-0.1, -0.05) is 48.6 Å². The molecule has 13 nitrogen and oxygen atoms in total. The molecule has 3 N–H and O–H groups in total. The number of piperidine rings is 1. The molecule has 2 aliphatic heterocycles. The van der Waals surface area contributed by atoms with Gasteiger partial charge in [-0.05, 0) is 51.0 Å². The number of amides is 4. The molecule has 0 saturated carbocycles. The zero-order valence-electron chi connectivity index (χ0n) is 25.3. The fourth-order valence-corrected chi connectivity index (χ4v) is 8.63. The van der Waals surface area contributed by atoms with E-state index in [2.05, 4.69) is 20.9 Å². The van der Waals surface area contributed by atoms with Crippen LogP contribution in [-0.4, -0.2) is 84.2 Å². The van der Waals surface area contributed by atoms with E-state index in [1.165, 1.54) is 11.2 Å². The summed E-state index contributed by atoms with van der Waals surface area (Å²) in [6.07, 6.45) is 2.10. The number of nitrogens with zero attached hydrogens (tertiary/aromatic N) is 3. The Labute approximate surface area is 261 Å². The maximum atomic E-state index is 13.6. The van der Waals surface area contributed by atoms with Crippen LogP contribution in [0, 0.1) is 6.92 Å². The van der Waals surface area contributed by atoms with Crippen molar-refractivity contribution in [1.29, 1.82) is 0 Å². The molecule has 0 bridgehead atoms. The number of aromatic nitrogens is 1. The number of anilines is 1. The van der Waals surface area contributed by atoms with Crippen LogP contribution in [0.15, 0.2) is 34.5 Å². The zero-order chi connectivity index (χ0) is 31.9. The van der Waals surface area contributed by atoms with Crippen molar-refractivity contribution in [1.82, 2.24) is 24.8 Å². The number of carbonyl (C=O) groups is 4. The molecule has 1 spiro atoms. The zero-order valence-corrected chi connectivity index (χ0v) is 26.9. The van der Waals surface area contributed by atoms with Gasteiger partial charge in [0, 0.05) is 33.1 Å². The summed E-state index contributed by atoms with van der Waals surface area (Å²) in [5, 5.41) is 8.35. The Bertz CT molecular complexity index is 1460. The molecule has 2 aliphatic rings. The Kier molecular flexibility index (Phi) is 11.0. The Morgan fingerprint density at radius 1 is 1.16 bits per heavy atom. The second-order valence-corrected chi connectivity index (χ2v) is 14.1. The van der Waals surface area contributed by atoms with Crippen molar-refractivity contribution >= 4 is 50.3 Å². The van der Waals surface area contributed by atoms with Gasteiger partial charge in [-0.3, -0.25) is 14.4 Å². The third-order valence-electron chi connectivity index (χ3n) is 7.82. The molecule has 2 fully saturated rings. The summed E-state index contributed by atoms with van der Waals surface area (Å²) in [6.45, 7) is 5.90. The summed E-state index contributed by atoms with van der Waals surface area (Å²) in [7, 11) is -3.91. The minimum atomic E-state index is -3.91. The molecule has 240 valence electrons. The normalized spacial score (nSPS) is 18.6. The van der Waals surface area contributed by atoms with Crippen molar-refractivity contribution in [3.63, 3.8) is 0 Å². The Hall–Kier alpha value is -3.56. The number of piperazine rings is 1. The van der Waals surface area contributed by atoms with Crippen LogP contribution in [0.1, 0.15) is 63.6 Å². The number of aryl methyl sites for hydroxylation is 1. The molecule has 2 aromatic rings. The smallest absolute Gasteiger partial charge is 0.407 e. The van der Waals surface area contributed by atoms with Crippen LogP contribution in [0.4, 0.5) is 9.93 Å². The summed E-state index contributed by atoms with van der Waals surface area (Å²) in [4.78, 5) is 56.4. The van der Waals surface area contributed by atoms with Crippen molar-refractivity contribution in [2.24, 2.45) is 0 Å². The van der Waals surface area contributed by atoms with Crippen molar-refractivity contribution in [3.05, 3.63) is 41.6 Å². The average molecular weight is 649 g/mol. The predicted octanol–water partition coefficient (Wildman–Crippen LogP) is 2.77. The molecular weight excluding hydrogens is 608 g/mol. The highest BCUT2D eigenvalue weighted by Crippen LogP contribution is 2.37. The summed E-state index contributed by atoms with van der Waals surface area (Å²) >= 11 is 0.893. The summed E-state index contributed by atoms with van der Waals surface area (Å²) in [5.74, 6) is -0.783. The van der Waals surface area contributed by atoms with Gasteiger partial charge in [-0.2, -0.15) is 4.31 Å². The highest BCUT2D eigenvalue weighted by atomic mass is 32.2. The SMILES string of the molecule is CCCN1C(=O)[C@H](CCCCNC(=O)OCc2ccccc2)NC(=O)C12CCN(S(=O)(=O)c1sc(NC(C)=O)nc1C)CC2. The number of hydrogen-bond donors (Lipinski definition) is 3. The highest BCUT2D eigenvalue weighted by Gasteiger charge is 2.54. The maximum Gasteiger partial charge on any atom is 0.407 e. The number of hydrogen-bond acceptors (Lipinski definition) is 9. The lowest BCUT2D eigenvalue weighted by Crippen LogP contribution is -2.73. The fraction of sp³-hybridized carbons (Fsp3) is 0.552. The van der Waals surface area contributed by atoms with E-state index in [-0.39, 0.29) is 59.6 Å². The first-order chi connectivity index (χ1) is 21.0. The number of sulfonamides is 1. The van der Waals surface area contributed by atoms with Gasteiger partial charge in [0.2, 0.25) is 17.7 Å². The third kappa shape index (κ3) is 7.56. The summed E-state index contributed by atoms with van der Waals surface area (Å²) in [6, 6.07) is 8.69. The summed E-state index contributed by atoms with van der Waals surface area (Å²) in [5.41, 5.74) is 0.0616. The van der Waals surface area contributed by atoms with Crippen molar-refractivity contribution < 1.29 is 32.3 Å². The van der Waals surface area contributed by atoms with Crippen molar-refractivity contribution in [2.75, 3.05) is 31.5 Å². The standard InChI is InChI=1S/C29H40N6O7S2/c1-4-16-35-24(37)23(12-8-9-15-30-28(39)42-19-22-10-6-5-7-11-22)33-26(38)29(35)13-17-34(18-14-29)44(40,41)25-20(2)31-27(43-25)32-21(3)36/h5-7,10-11,23H,4,8-9,12-19H2,1-3H3,(H,30,39)(H,33,38)(H,31,32,36)/t23-/m0/s1. The van der Waals surface area contributed by atoms with Crippen LogP contribution in [0.5, 0.6) is 0 Å². The minimum absolute atomic E-state index is 0.0470. The van der Waals surface area contributed by atoms with Gasteiger partial charge in [0.15, 0.2) is 9.34 Å². The van der Waals surface area contributed by atoms with E-state index < -0.39 is 27.7 Å². The van der Waals surface area contributed by atoms with E-state index in [1.54, 1.807) is 11.8 Å². The van der Waals surface area contributed by atoms with E-state index in [9.17, 15) is 27.6 Å². The van der Waals surface area contributed by atoms with Gasteiger partial charge >= 0.3 is 6.09 Å². The molecule has 1 aromatic carbocycles. The van der Waals surface area contributed by atoms with Crippen LogP contribution in [0.25, 0.3) is 0 Å². The van der Waals surface area contributed by atoms with Crippen LogP contribution in [-0.2, 0) is 35.8 Å². The van der Waals surface area contributed by atoms with Gasteiger partial charge in [-0.15, -0.1) is 0 Å². The first kappa shape index (κ1) is 33.3. The number of nitrogens with one attached hydrogen (secondary N) is 3. The van der Waals surface area contributed by atoms with E-state index >= 15 is 0 Å². The quantitative estimate of drug-likeness (QED) is 0.296. The lowest BCUT2D eigenvalue weighted by atomic mass is 9.81. The van der Waals surface area contributed by atoms with E-state index in [1.807, 2.05) is 37.3 Å². The van der Waals surface area contributed by atoms with Crippen molar-refractivity contribution in [2.45, 2.75) is 81.7 Å². The molecule has 0 radical (unpaired) electrons. The largest absolute Gasteiger partial charge is 0.445 e. The predicted molar refractivity (Wildman–Crippen MR) is 164 cm³/mol. The number of unbranched alkanes of at least 4 members (excludes halogenated alkanes) is 1. The maximum absolute atomic E-state index is 13.6. The number of carbonyl (C=O) groups excluding carboxylic acids is 4. The van der Waals surface area contributed by atoms with Crippen LogP contribution < -0.4 is 16.0 Å². The number of thiazole rings is 1. The molecule has 15 heteroatoms. The molecule has 0 aliphatic carbocycles. The molecule has 4 rings (SSSR count).